The number of hydrogen-bond acceptors (Lipinski definition) is 4. The van der Waals surface area contributed by atoms with Crippen molar-refractivity contribution < 1.29 is 14.7 Å². The van der Waals surface area contributed by atoms with Crippen LogP contribution in [0.3, 0.4) is 0 Å². The maximum absolute atomic E-state index is 12.7. The maximum atomic E-state index is 12.7. The minimum Gasteiger partial charge on any atom is -0.394 e. The zero-order valence-electron chi connectivity index (χ0n) is 18.7. The van der Waals surface area contributed by atoms with Crippen LogP contribution < -0.4 is 10.6 Å². The van der Waals surface area contributed by atoms with E-state index in [1.165, 1.54) is 0 Å². The molecule has 33 heavy (non-hydrogen) atoms. The molecule has 1 aromatic heterocycles. The third kappa shape index (κ3) is 4.54. The maximum Gasteiger partial charge on any atom is 0.322 e. The fraction of sp³-hybridized carbons (Fsp3) is 0.346. The lowest BCUT2D eigenvalue weighted by molar-refractivity contribution is -0.117. The van der Waals surface area contributed by atoms with Crippen molar-refractivity contribution in [2.75, 3.05) is 23.8 Å². The summed E-state index contributed by atoms with van der Waals surface area (Å²) in [4.78, 5) is 30.9. The number of nitrogens with zero attached hydrogens (tertiary/aromatic N) is 2. The summed E-state index contributed by atoms with van der Waals surface area (Å²) in [6, 6.07) is 13.6. The Bertz CT molecular complexity index is 1220. The number of aromatic nitrogens is 1. The van der Waals surface area contributed by atoms with E-state index in [9.17, 15) is 14.7 Å². The molecule has 1 aliphatic carbocycles. The molecule has 1 unspecified atom stereocenters. The Morgan fingerprint density at radius 2 is 1.91 bits per heavy atom. The first kappa shape index (κ1) is 21.4. The Hall–Kier alpha value is -3.45. The van der Waals surface area contributed by atoms with Crippen LogP contribution in [-0.2, 0) is 4.79 Å². The minimum absolute atomic E-state index is 0.0102. The molecule has 0 radical (unpaired) electrons. The van der Waals surface area contributed by atoms with Gasteiger partial charge in [0.2, 0.25) is 5.91 Å². The van der Waals surface area contributed by atoms with Crippen molar-refractivity contribution in [1.29, 1.82) is 0 Å². The van der Waals surface area contributed by atoms with E-state index in [1.807, 2.05) is 43.3 Å². The number of rotatable bonds is 5. The van der Waals surface area contributed by atoms with Gasteiger partial charge < -0.3 is 20.6 Å². The van der Waals surface area contributed by atoms with Gasteiger partial charge in [-0.15, -0.1) is 0 Å². The van der Waals surface area contributed by atoms with Crippen molar-refractivity contribution in [3.8, 4) is 11.1 Å². The lowest BCUT2D eigenvalue weighted by Crippen LogP contribution is -2.40. The second-order valence-electron chi connectivity index (χ2n) is 9.03. The third-order valence-corrected chi connectivity index (χ3v) is 6.57. The number of pyridine rings is 1. The predicted molar refractivity (Wildman–Crippen MR) is 129 cm³/mol. The van der Waals surface area contributed by atoms with Crippen molar-refractivity contribution >= 4 is 34.2 Å². The lowest BCUT2D eigenvalue weighted by Gasteiger charge is -2.23. The second-order valence-corrected chi connectivity index (χ2v) is 9.03. The highest BCUT2D eigenvalue weighted by Gasteiger charge is 2.30. The molecule has 7 nitrogen and oxygen atoms in total. The number of nitrogens with one attached hydrogen (secondary N) is 2. The van der Waals surface area contributed by atoms with E-state index < -0.39 is 0 Å². The zero-order valence-corrected chi connectivity index (χ0v) is 18.7. The van der Waals surface area contributed by atoms with Gasteiger partial charge in [-0.05, 0) is 78.9 Å². The van der Waals surface area contributed by atoms with Crippen molar-refractivity contribution in [2.45, 2.75) is 38.6 Å². The van der Waals surface area contributed by atoms with Crippen LogP contribution >= 0.6 is 0 Å². The predicted octanol–water partition coefficient (Wildman–Crippen LogP) is 4.55. The largest absolute Gasteiger partial charge is 0.394 e. The van der Waals surface area contributed by atoms with Gasteiger partial charge in [0, 0.05) is 29.7 Å². The SMILES string of the molecule is Cc1ccc(NC(=O)N2CCCC2CO)cc1-c1ccc2cc(NC(=O)C3CC3)ncc2c1. The molecule has 2 fully saturated rings. The van der Waals surface area contributed by atoms with Crippen molar-refractivity contribution in [1.82, 2.24) is 9.88 Å². The number of likely N-dealkylation sites (tertiary alicyclic amines) is 1. The van der Waals surface area contributed by atoms with Gasteiger partial charge in [-0.1, -0.05) is 18.2 Å². The summed E-state index contributed by atoms with van der Waals surface area (Å²) in [7, 11) is 0. The Labute approximate surface area is 192 Å². The fourth-order valence-electron chi connectivity index (χ4n) is 4.45. The highest BCUT2D eigenvalue weighted by molar-refractivity contribution is 5.96. The first-order valence-corrected chi connectivity index (χ1v) is 11.5. The van der Waals surface area contributed by atoms with Crippen molar-refractivity contribution in [3.05, 3.63) is 54.2 Å². The molecule has 5 rings (SSSR count). The molecule has 1 saturated carbocycles. The van der Waals surface area contributed by atoms with Gasteiger partial charge >= 0.3 is 6.03 Å². The highest BCUT2D eigenvalue weighted by Crippen LogP contribution is 2.32. The molecule has 1 atom stereocenters. The Morgan fingerprint density at radius 3 is 2.70 bits per heavy atom. The first-order chi connectivity index (χ1) is 16.0. The second kappa shape index (κ2) is 8.83. The number of carbonyl (C=O) groups is 2. The number of fused-ring (bicyclic) bond motifs is 1. The summed E-state index contributed by atoms with van der Waals surface area (Å²) in [5.41, 5.74) is 3.88. The van der Waals surface area contributed by atoms with Crippen LogP contribution in [0.2, 0.25) is 0 Å². The standard InChI is InChI=1S/C26H28N4O3/c1-16-4-9-21(28-26(33)30-10-2-3-22(30)15-31)13-23(16)19-8-7-18-12-24(27-14-20(18)11-19)29-25(32)17-5-6-17/h4,7-9,11-14,17,22,31H,2-3,5-6,10,15H2,1H3,(H,28,33)(H,27,29,32). The Kier molecular flexibility index (Phi) is 5.72. The van der Waals surface area contributed by atoms with Crippen LogP contribution in [-0.4, -0.2) is 46.1 Å². The molecule has 3 amide bonds. The molecule has 3 N–H and O–H groups in total. The highest BCUT2D eigenvalue weighted by atomic mass is 16.3. The summed E-state index contributed by atoms with van der Waals surface area (Å²) in [5.74, 6) is 0.768. The number of urea groups is 1. The lowest BCUT2D eigenvalue weighted by atomic mass is 9.98. The molecule has 7 heteroatoms. The average Bonchev–Trinajstić information content (AvgIpc) is 3.57. The normalized spacial score (nSPS) is 17.9. The molecule has 1 saturated heterocycles. The van der Waals surface area contributed by atoms with Gasteiger partial charge in [0.25, 0.3) is 0 Å². The van der Waals surface area contributed by atoms with Gasteiger partial charge in [0.1, 0.15) is 5.82 Å². The Balaban J connectivity index is 1.37. The third-order valence-electron chi connectivity index (χ3n) is 6.57. The van der Waals surface area contributed by atoms with E-state index in [1.54, 1.807) is 11.1 Å². The number of aryl methyl sites for hydroxylation is 1. The first-order valence-electron chi connectivity index (χ1n) is 11.5. The molecule has 1 aliphatic heterocycles. The summed E-state index contributed by atoms with van der Waals surface area (Å²) < 4.78 is 0. The van der Waals surface area contributed by atoms with Crippen LogP contribution in [0.5, 0.6) is 0 Å². The number of anilines is 2. The van der Waals surface area contributed by atoms with Crippen LogP contribution in [0.1, 0.15) is 31.2 Å². The summed E-state index contributed by atoms with van der Waals surface area (Å²) in [6.07, 6.45) is 5.45. The molecular weight excluding hydrogens is 416 g/mol. The Morgan fingerprint density at radius 1 is 1.06 bits per heavy atom. The van der Waals surface area contributed by atoms with Gasteiger partial charge in [-0.3, -0.25) is 4.79 Å². The van der Waals surface area contributed by atoms with E-state index in [0.29, 0.717) is 12.4 Å². The summed E-state index contributed by atoms with van der Waals surface area (Å²) in [6.45, 7) is 2.70. The van der Waals surface area contributed by atoms with Crippen LogP contribution in [0.4, 0.5) is 16.3 Å². The quantitative estimate of drug-likeness (QED) is 0.538. The van der Waals surface area contributed by atoms with E-state index in [4.69, 9.17) is 0 Å². The molecule has 2 aromatic carbocycles. The van der Waals surface area contributed by atoms with Crippen LogP contribution in [0.25, 0.3) is 21.9 Å². The molecule has 0 bridgehead atoms. The van der Waals surface area contributed by atoms with Crippen molar-refractivity contribution in [2.24, 2.45) is 5.92 Å². The van der Waals surface area contributed by atoms with E-state index in [0.717, 1.165) is 58.8 Å². The molecule has 170 valence electrons. The zero-order chi connectivity index (χ0) is 22.9. The smallest absolute Gasteiger partial charge is 0.322 e. The molecule has 2 aliphatic rings. The molecule has 2 heterocycles. The topological polar surface area (TPSA) is 94.6 Å². The number of benzene rings is 2. The minimum atomic E-state index is -0.176. The number of hydrogen-bond donors (Lipinski definition) is 3. The summed E-state index contributed by atoms with van der Waals surface area (Å²) in [5, 5.41) is 17.4. The molecular formula is C26H28N4O3. The van der Waals surface area contributed by atoms with Gasteiger partial charge in [-0.2, -0.15) is 0 Å². The van der Waals surface area contributed by atoms with E-state index in [-0.39, 0.29) is 30.5 Å². The number of carbonyl (C=O) groups excluding carboxylic acids is 2. The van der Waals surface area contributed by atoms with Gasteiger partial charge in [0.15, 0.2) is 0 Å². The molecule has 0 spiro atoms. The number of aliphatic hydroxyl groups is 1. The monoisotopic (exact) mass is 444 g/mol. The van der Waals surface area contributed by atoms with Crippen molar-refractivity contribution in [3.63, 3.8) is 0 Å². The van der Waals surface area contributed by atoms with E-state index >= 15 is 0 Å². The number of amides is 3. The van der Waals surface area contributed by atoms with Gasteiger partial charge in [0.05, 0.1) is 12.6 Å². The van der Waals surface area contributed by atoms with Crippen LogP contribution in [0, 0.1) is 12.8 Å². The average molecular weight is 445 g/mol. The molecule has 3 aromatic rings. The van der Waals surface area contributed by atoms with Crippen LogP contribution in [0.15, 0.2) is 48.7 Å². The van der Waals surface area contributed by atoms with E-state index in [2.05, 4.69) is 21.7 Å². The fourth-order valence-corrected chi connectivity index (χ4v) is 4.45. The van der Waals surface area contributed by atoms with Gasteiger partial charge in [-0.25, -0.2) is 9.78 Å². The summed E-state index contributed by atoms with van der Waals surface area (Å²) >= 11 is 0. The number of aliphatic hydroxyl groups excluding tert-OH is 1.